The zero-order chi connectivity index (χ0) is 19.0. The molecule has 27 heavy (non-hydrogen) atoms. The van der Waals surface area contributed by atoms with E-state index in [9.17, 15) is 5.11 Å². The third kappa shape index (κ3) is 4.28. The molecule has 0 heterocycles. The highest BCUT2D eigenvalue weighted by atomic mass is 32.1. The van der Waals surface area contributed by atoms with Gasteiger partial charge in [-0.25, -0.2) is 0 Å². The van der Waals surface area contributed by atoms with Gasteiger partial charge < -0.3 is 5.11 Å². The number of thiol groups is 1. The lowest BCUT2D eigenvalue weighted by Crippen LogP contribution is -2.42. The van der Waals surface area contributed by atoms with Crippen LogP contribution in [0.2, 0.25) is 0 Å². The molecule has 1 unspecified atom stereocenters. The van der Waals surface area contributed by atoms with Crippen molar-refractivity contribution in [1.82, 2.24) is 0 Å². The summed E-state index contributed by atoms with van der Waals surface area (Å²) in [5.41, 5.74) is 2.81. The summed E-state index contributed by atoms with van der Waals surface area (Å²) in [7, 11) is 0. The molecule has 0 aliphatic carbocycles. The Hall–Kier alpha value is -2.03. The summed E-state index contributed by atoms with van der Waals surface area (Å²) in [6.07, 6.45) is 3.42. The summed E-state index contributed by atoms with van der Waals surface area (Å²) >= 11 is 4.31. The van der Waals surface area contributed by atoms with Gasteiger partial charge in [0.05, 0.1) is 11.5 Å². The lowest BCUT2D eigenvalue weighted by atomic mass is 9.65. The second kappa shape index (κ2) is 9.77. The van der Waals surface area contributed by atoms with Crippen molar-refractivity contribution in [2.75, 3.05) is 5.75 Å². The minimum absolute atomic E-state index is 0.510. The third-order valence-corrected chi connectivity index (χ3v) is 5.64. The fourth-order valence-corrected chi connectivity index (χ4v) is 4.25. The van der Waals surface area contributed by atoms with Gasteiger partial charge in [-0.1, -0.05) is 104 Å². The molecule has 0 bridgehead atoms. The molecule has 1 N–H and O–H groups in total. The molecule has 0 aromatic heterocycles. The number of unbranched alkanes of at least 4 members (excludes halogenated alkanes) is 2. The molecule has 0 amide bonds. The summed E-state index contributed by atoms with van der Waals surface area (Å²) in [5.74, 6) is 0.900. The number of benzene rings is 3. The topological polar surface area (TPSA) is 20.2 Å². The van der Waals surface area contributed by atoms with Crippen LogP contribution < -0.4 is 0 Å². The van der Waals surface area contributed by atoms with E-state index >= 15 is 0 Å². The Balaban J connectivity index is 2.14. The highest BCUT2D eigenvalue weighted by Gasteiger charge is 2.42. The van der Waals surface area contributed by atoms with E-state index in [1.807, 2.05) is 18.2 Å². The highest BCUT2D eigenvalue weighted by Crippen LogP contribution is 2.43. The van der Waals surface area contributed by atoms with Crippen molar-refractivity contribution >= 4 is 12.6 Å². The Morgan fingerprint density at radius 3 is 1.41 bits per heavy atom. The molecule has 0 saturated carbocycles. The minimum atomic E-state index is -0.579. The normalized spacial score (nSPS) is 12.7. The highest BCUT2D eigenvalue weighted by molar-refractivity contribution is 7.80. The van der Waals surface area contributed by atoms with Crippen molar-refractivity contribution in [2.24, 2.45) is 0 Å². The van der Waals surface area contributed by atoms with E-state index in [0.717, 1.165) is 48.1 Å². The summed E-state index contributed by atoms with van der Waals surface area (Å²) in [4.78, 5) is 0. The Morgan fingerprint density at radius 1 is 0.630 bits per heavy atom. The van der Waals surface area contributed by atoms with Gasteiger partial charge in [0, 0.05) is 0 Å². The Labute approximate surface area is 168 Å². The van der Waals surface area contributed by atoms with Crippen LogP contribution in [0, 0.1) is 0 Å². The van der Waals surface area contributed by atoms with E-state index in [-0.39, 0.29) is 0 Å². The van der Waals surface area contributed by atoms with E-state index in [2.05, 4.69) is 85.4 Å². The number of aliphatic hydroxyl groups excluding tert-OH is 1. The number of hydrogen-bond acceptors (Lipinski definition) is 2. The Morgan fingerprint density at radius 2 is 1.04 bits per heavy atom. The number of aliphatic hydroxyl groups is 1. The monoisotopic (exact) mass is 376 g/mol. The van der Waals surface area contributed by atoms with Gasteiger partial charge in [-0.05, 0) is 35.3 Å². The SMILES string of the molecule is OC(CCCCCS)C(c1ccccc1)(c1ccccc1)c1ccccc1. The number of hydrogen-bond donors (Lipinski definition) is 2. The van der Waals surface area contributed by atoms with E-state index in [1.54, 1.807) is 0 Å². The maximum Gasteiger partial charge on any atom is 0.0718 e. The van der Waals surface area contributed by atoms with Gasteiger partial charge in [0.2, 0.25) is 0 Å². The van der Waals surface area contributed by atoms with Gasteiger partial charge in [-0.15, -0.1) is 0 Å². The molecule has 3 aromatic rings. The standard InChI is InChI=1S/C25H28OS/c26-24(19-11-4-12-20-27)25(21-13-5-1-6-14-21,22-15-7-2-8-16-22)23-17-9-3-10-18-23/h1-3,5-10,13-18,24,26-27H,4,11-12,19-20H2. The minimum Gasteiger partial charge on any atom is -0.391 e. The fourth-order valence-electron chi connectivity index (χ4n) is 4.02. The first kappa shape index (κ1) is 19.7. The van der Waals surface area contributed by atoms with Crippen molar-refractivity contribution < 1.29 is 5.11 Å². The average molecular weight is 377 g/mol. The van der Waals surface area contributed by atoms with Gasteiger partial charge in [0.25, 0.3) is 0 Å². The second-order valence-electron chi connectivity index (χ2n) is 6.99. The van der Waals surface area contributed by atoms with Crippen LogP contribution in [0.15, 0.2) is 91.0 Å². The molecule has 1 nitrogen and oxygen atoms in total. The van der Waals surface area contributed by atoms with Crippen LogP contribution in [0.4, 0.5) is 0 Å². The quantitative estimate of drug-likeness (QED) is 0.272. The zero-order valence-corrected chi connectivity index (χ0v) is 16.6. The first-order valence-corrected chi connectivity index (χ1v) is 10.4. The summed E-state index contributed by atoms with van der Waals surface area (Å²) in [6.45, 7) is 0. The van der Waals surface area contributed by atoms with E-state index in [0.29, 0.717) is 0 Å². The largest absolute Gasteiger partial charge is 0.391 e. The van der Waals surface area contributed by atoms with Crippen LogP contribution in [0.1, 0.15) is 42.4 Å². The van der Waals surface area contributed by atoms with Gasteiger partial charge in [0.1, 0.15) is 0 Å². The van der Waals surface area contributed by atoms with E-state index in [1.165, 1.54) is 0 Å². The molecule has 140 valence electrons. The lowest BCUT2D eigenvalue weighted by Gasteiger charge is -2.40. The van der Waals surface area contributed by atoms with Crippen molar-refractivity contribution in [2.45, 2.75) is 37.2 Å². The predicted molar refractivity (Wildman–Crippen MR) is 118 cm³/mol. The molecule has 0 aliphatic rings. The van der Waals surface area contributed by atoms with Crippen LogP contribution in [-0.4, -0.2) is 17.0 Å². The van der Waals surface area contributed by atoms with Crippen LogP contribution in [0.25, 0.3) is 0 Å². The molecule has 3 aromatic carbocycles. The third-order valence-electron chi connectivity index (χ3n) is 5.32. The van der Waals surface area contributed by atoms with Gasteiger partial charge in [0.15, 0.2) is 0 Å². The van der Waals surface area contributed by atoms with E-state index in [4.69, 9.17) is 0 Å². The van der Waals surface area contributed by atoms with Crippen molar-refractivity contribution in [3.05, 3.63) is 108 Å². The first-order chi connectivity index (χ1) is 13.3. The molecular formula is C25H28OS. The average Bonchev–Trinajstić information content (AvgIpc) is 2.74. The van der Waals surface area contributed by atoms with Crippen molar-refractivity contribution in [1.29, 1.82) is 0 Å². The Kier molecular flexibility index (Phi) is 7.14. The fraction of sp³-hybridized carbons (Fsp3) is 0.280. The van der Waals surface area contributed by atoms with Crippen LogP contribution in [-0.2, 0) is 5.41 Å². The van der Waals surface area contributed by atoms with Crippen LogP contribution in [0.5, 0.6) is 0 Å². The predicted octanol–water partition coefficient (Wildman–Crippen LogP) is 5.87. The van der Waals surface area contributed by atoms with Gasteiger partial charge in [-0.2, -0.15) is 12.6 Å². The first-order valence-electron chi connectivity index (χ1n) is 9.75. The van der Waals surface area contributed by atoms with Crippen LogP contribution >= 0.6 is 12.6 Å². The molecule has 0 aliphatic heterocycles. The smallest absolute Gasteiger partial charge is 0.0718 e. The molecular weight excluding hydrogens is 348 g/mol. The molecule has 0 spiro atoms. The molecule has 0 radical (unpaired) electrons. The molecule has 1 atom stereocenters. The maximum absolute atomic E-state index is 11.6. The second-order valence-corrected chi connectivity index (χ2v) is 7.44. The van der Waals surface area contributed by atoms with Crippen molar-refractivity contribution in [3.63, 3.8) is 0 Å². The summed E-state index contributed by atoms with van der Waals surface area (Å²) < 4.78 is 0. The van der Waals surface area contributed by atoms with E-state index < -0.39 is 11.5 Å². The van der Waals surface area contributed by atoms with Gasteiger partial charge >= 0.3 is 0 Å². The number of rotatable bonds is 9. The Bertz CT molecular complexity index is 690. The molecule has 0 saturated heterocycles. The van der Waals surface area contributed by atoms with Crippen LogP contribution in [0.3, 0.4) is 0 Å². The molecule has 3 rings (SSSR count). The van der Waals surface area contributed by atoms with Crippen molar-refractivity contribution in [3.8, 4) is 0 Å². The maximum atomic E-state index is 11.6. The molecule has 0 fully saturated rings. The van der Waals surface area contributed by atoms with Gasteiger partial charge in [-0.3, -0.25) is 0 Å². The lowest BCUT2D eigenvalue weighted by molar-refractivity contribution is 0.109. The summed E-state index contributed by atoms with van der Waals surface area (Å²) in [5, 5.41) is 11.6. The summed E-state index contributed by atoms with van der Waals surface area (Å²) in [6, 6.07) is 31.3. The molecule has 2 heteroatoms. The zero-order valence-electron chi connectivity index (χ0n) is 15.7.